The summed E-state index contributed by atoms with van der Waals surface area (Å²) >= 11 is 0. The Hall–Kier alpha value is -5.85. The summed E-state index contributed by atoms with van der Waals surface area (Å²) in [5.41, 5.74) is 0.637. The second-order valence-corrected chi connectivity index (χ2v) is 14.0. The number of fused-ring (bicyclic) bond motifs is 4. The van der Waals surface area contributed by atoms with Crippen LogP contribution in [0.3, 0.4) is 0 Å². The van der Waals surface area contributed by atoms with Gasteiger partial charge in [-0.05, 0) is 62.4 Å². The molecule has 1 amide bonds. The molecule has 0 spiro atoms. The summed E-state index contributed by atoms with van der Waals surface area (Å²) in [6.07, 6.45) is 9.23. The number of aryl methyl sites for hydroxylation is 2. The monoisotopic (exact) mass is 719 g/mol. The number of anilines is 2. The van der Waals surface area contributed by atoms with Crippen molar-refractivity contribution in [3.05, 3.63) is 89.6 Å². The number of halogens is 2. The molecular formula is C37H31F2N9O3S. The fourth-order valence-electron chi connectivity index (χ4n) is 6.92. The zero-order valence-electron chi connectivity index (χ0n) is 28.1. The van der Waals surface area contributed by atoms with E-state index in [1.54, 1.807) is 62.4 Å². The van der Waals surface area contributed by atoms with E-state index in [0.29, 0.717) is 62.9 Å². The zero-order valence-corrected chi connectivity index (χ0v) is 28.9. The molecule has 2 aliphatic rings. The summed E-state index contributed by atoms with van der Waals surface area (Å²) in [5, 5.41) is 11.9. The molecule has 262 valence electrons. The predicted molar refractivity (Wildman–Crippen MR) is 192 cm³/mol. The van der Waals surface area contributed by atoms with Gasteiger partial charge >= 0.3 is 6.01 Å². The van der Waals surface area contributed by atoms with Gasteiger partial charge in [0.25, 0.3) is 5.91 Å². The topological polar surface area (TPSA) is 140 Å². The van der Waals surface area contributed by atoms with E-state index in [-0.39, 0.29) is 34.9 Å². The predicted octanol–water partition coefficient (Wildman–Crippen LogP) is 4.84. The van der Waals surface area contributed by atoms with Crippen LogP contribution in [0.4, 0.5) is 20.3 Å². The van der Waals surface area contributed by atoms with Gasteiger partial charge in [0.15, 0.2) is 23.4 Å². The van der Waals surface area contributed by atoms with Crippen LogP contribution in [-0.2, 0) is 15.8 Å². The Balaban J connectivity index is 1.10. The molecule has 15 heteroatoms. The quantitative estimate of drug-likeness (QED) is 0.210. The number of amides is 1. The fourth-order valence-corrected chi connectivity index (χ4v) is 7.96. The number of hydrogen-bond donors (Lipinski definition) is 2. The third kappa shape index (κ3) is 6.09. The zero-order chi connectivity index (χ0) is 36.1. The maximum atomic E-state index is 16.7. The minimum absolute atomic E-state index is 0.00684. The van der Waals surface area contributed by atoms with Gasteiger partial charge in [-0.2, -0.15) is 14.1 Å². The van der Waals surface area contributed by atoms with E-state index in [2.05, 4.69) is 46.5 Å². The molecule has 6 aromatic rings. The SMILES string of the molecule is C#Cc1c(F)ccc2cccc(-c3ncc4c(N5CC6CCC(C5)N6)nc(OCC(=O)Nc5ccc(S(=O)n6nc(C)nc6C)cc5)nc4c3F)c12. The van der Waals surface area contributed by atoms with E-state index in [4.69, 9.17) is 11.2 Å². The first kappa shape index (κ1) is 33.3. The van der Waals surface area contributed by atoms with Crippen molar-refractivity contribution in [1.29, 1.82) is 0 Å². The van der Waals surface area contributed by atoms with Crippen LogP contribution in [0.15, 0.2) is 65.7 Å². The number of nitrogens with zero attached hydrogens (tertiary/aromatic N) is 7. The van der Waals surface area contributed by atoms with Crippen molar-refractivity contribution < 1.29 is 22.5 Å². The Morgan fingerprint density at radius 1 is 1.06 bits per heavy atom. The third-order valence-corrected chi connectivity index (χ3v) is 10.6. The standard InChI is InChI=1S/C37H31F2N9O3S/c1-4-27-30(38)15-8-22-6-5-7-28(32(22)27)34-33(39)35-29(16-40-34)36(47-17-24-9-10-25(18-47)42-24)45-37(44-35)51-19-31(49)43-23-11-13-26(14-12-23)52(50)48-21(3)41-20(2)46-48/h1,5-8,11-16,24-25,42H,9-10,17-19H2,2-3H3,(H,43,49). The summed E-state index contributed by atoms with van der Waals surface area (Å²) in [6, 6.07) is 14.8. The molecule has 2 saturated heterocycles. The number of aromatic nitrogens is 6. The highest BCUT2D eigenvalue weighted by Gasteiger charge is 2.34. The average molecular weight is 720 g/mol. The summed E-state index contributed by atoms with van der Waals surface area (Å²) in [6.45, 7) is 4.23. The third-order valence-electron chi connectivity index (χ3n) is 9.22. The molecule has 5 heterocycles. The number of rotatable bonds is 8. The number of carbonyl (C=O) groups excluding carboxylic acids is 1. The van der Waals surface area contributed by atoms with E-state index in [0.717, 1.165) is 12.8 Å². The number of benzene rings is 3. The van der Waals surface area contributed by atoms with Gasteiger partial charge in [-0.25, -0.2) is 18.0 Å². The van der Waals surface area contributed by atoms with Gasteiger partial charge in [-0.3, -0.25) is 9.78 Å². The number of pyridine rings is 1. The Bertz CT molecular complexity index is 2450. The molecule has 0 radical (unpaired) electrons. The highest BCUT2D eigenvalue weighted by atomic mass is 32.2. The van der Waals surface area contributed by atoms with Gasteiger partial charge in [-0.1, -0.05) is 30.2 Å². The van der Waals surface area contributed by atoms with Crippen molar-refractivity contribution in [3.8, 4) is 29.6 Å². The second-order valence-electron chi connectivity index (χ2n) is 12.7. The van der Waals surface area contributed by atoms with Crippen LogP contribution in [-0.4, -0.2) is 71.0 Å². The molecule has 2 N–H and O–H groups in total. The molecule has 2 fully saturated rings. The first-order chi connectivity index (χ1) is 25.2. The minimum Gasteiger partial charge on any atom is -0.453 e. The molecular weight excluding hydrogens is 689 g/mol. The number of carbonyl (C=O) groups is 1. The van der Waals surface area contributed by atoms with E-state index in [9.17, 15) is 13.4 Å². The summed E-state index contributed by atoms with van der Waals surface area (Å²) in [7, 11) is -1.61. The first-order valence-electron chi connectivity index (χ1n) is 16.6. The Morgan fingerprint density at radius 3 is 2.54 bits per heavy atom. The summed E-state index contributed by atoms with van der Waals surface area (Å²) in [5.74, 6) is 1.99. The minimum atomic E-state index is -1.61. The smallest absolute Gasteiger partial charge is 0.319 e. The molecule has 0 saturated carbocycles. The van der Waals surface area contributed by atoms with Crippen LogP contribution in [0, 0.1) is 37.8 Å². The van der Waals surface area contributed by atoms with Crippen molar-refractivity contribution in [2.45, 2.75) is 43.7 Å². The van der Waals surface area contributed by atoms with Crippen molar-refractivity contribution >= 4 is 50.1 Å². The molecule has 3 atom stereocenters. The lowest BCUT2D eigenvalue weighted by atomic mass is 9.96. The summed E-state index contributed by atoms with van der Waals surface area (Å²) in [4.78, 5) is 33.3. The van der Waals surface area contributed by atoms with Gasteiger partial charge in [0.1, 0.15) is 34.5 Å². The van der Waals surface area contributed by atoms with Crippen LogP contribution >= 0.6 is 0 Å². The number of terminal acetylenes is 1. The lowest BCUT2D eigenvalue weighted by molar-refractivity contribution is -0.118. The molecule has 3 unspecified atom stereocenters. The number of hydrogen-bond acceptors (Lipinski definition) is 10. The lowest BCUT2D eigenvalue weighted by Gasteiger charge is -2.34. The molecule has 52 heavy (non-hydrogen) atoms. The van der Waals surface area contributed by atoms with Crippen LogP contribution in [0.25, 0.3) is 32.9 Å². The molecule has 2 aliphatic heterocycles. The molecule has 8 rings (SSSR count). The van der Waals surface area contributed by atoms with Gasteiger partial charge in [0.2, 0.25) is 0 Å². The van der Waals surface area contributed by atoms with Crippen LogP contribution in [0.5, 0.6) is 6.01 Å². The molecule has 12 nitrogen and oxygen atoms in total. The number of piperazine rings is 1. The maximum absolute atomic E-state index is 16.7. The Morgan fingerprint density at radius 2 is 1.83 bits per heavy atom. The van der Waals surface area contributed by atoms with Gasteiger partial charge in [0.05, 0.1) is 15.8 Å². The van der Waals surface area contributed by atoms with E-state index in [1.165, 1.54) is 16.4 Å². The highest BCUT2D eigenvalue weighted by molar-refractivity contribution is 7.83. The summed E-state index contributed by atoms with van der Waals surface area (Å²) < 4.78 is 51.6. The largest absolute Gasteiger partial charge is 0.453 e. The highest BCUT2D eigenvalue weighted by Crippen LogP contribution is 2.37. The van der Waals surface area contributed by atoms with Crippen LogP contribution < -0.4 is 20.3 Å². The van der Waals surface area contributed by atoms with Crippen LogP contribution in [0.1, 0.15) is 30.1 Å². The molecule has 0 aliphatic carbocycles. The van der Waals surface area contributed by atoms with E-state index in [1.807, 2.05) is 0 Å². The van der Waals surface area contributed by atoms with Gasteiger partial charge in [0, 0.05) is 48.0 Å². The molecule has 3 aromatic carbocycles. The van der Waals surface area contributed by atoms with E-state index >= 15 is 4.39 Å². The van der Waals surface area contributed by atoms with Crippen molar-refractivity contribution in [2.75, 3.05) is 29.9 Å². The normalized spacial score (nSPS) is 17.3. The Labute approximate surface area is 299 Å². The second kappa shape index (κ2) is 13.4. The first-order valence-corrected chi connectivity index (χ1v) is 17.7. The van der Waals surface area contributed by atoms with Gasteiger partial charge in [-0.15, -0.1) is 11.5 Å². The average Bonchev–Trinajstić information content (AvgIpc) is 3.68. The lowest BCUT2D eigenvalue weighted by Crippen LogP contribution is -2.51. The van der Waals surface area contributed by atoms with E-state index < -0.39 is 35.1 Å². The molecule has 3 aromatic heterocycles. The molecule has 2 bridgehead atoms. The number of nitrogens with one attached hydrogen (secondary N) is 2. The van der Waals surface area contributed by atoms with Crippen molar-refractivity contribution in [3.63, 3.8) is 0 Å². The van der Waals surface area contributed by atoms with Crippen molar-refractivity contribution in [1.82, 2.24) is 34.4 Å². The van der Waals surface area contributed by atoms with Crippen LogP contribution in [0.2, 0.25) is 0 Å². The maximum Gasteiger partial charge on any atom is 0.319 e. The van der Waals surface area contributed by atoms with Crippen molar-refractivity contribution in [2.24, 2.45) is 0 Å². The fraction of sp³-hybridized carbons (Fsp3) is 0.243. The van der Waals surface area contributed by atoms with Gasteiger partial charge < -0.3 is 20.3 Å². The number of ether oxygens (including phenoxy) is 1. The Kier molecular flexibility index (Phi) is 8.56.